The van der Waals surface area contributed by atoms with Gasteiger partial charge in [-0.3, -0.25) is 19.8 Å². The number of likely N-dealkylation sites (N-methyl/N-ethyl adjacent to an activating group) is 1. The summed E-state index contributed by atoms with van der Waals surface area (Å²) >= 11 is 0. The third-order valence-electron chi connectivity index (χ3n) is 4.84. The quantitative estimate of drug-likeness (QED) is 0.540. The molecule has 2 aromatic carbocycles. The fraction of sp³-hybridized carbons (Fsp3) is 0.381. The third-order valence-corrected chi connectivity index (χ3v) is 4.84. The van der Waals surface area contributed by atoms with Gasteiger partial charge in [0.15, 0.2) is 11.5 Å². The van der Waals surface area contributed by atoms with Gasteiger partial charge in [0.2, 0.25) is 5.91 Å². The summed E-state index contributed by atoms with van der Waals surface area (Å²) in [6, 6.07) is 12.0. The summed E-state index contributed by atoms with van der Waals surface area (Å²) in [5.74, 6) is 1.30. The summed E-state index contributed by atoms with van der Waals surface area (Å²) in [5, 5.41) is 13.7. The maximum Gasteiger partial charge on any atom is 0.271 e. The number of hydrogen-bond donors (Lipinski definition) is 1. The molecule has 0 fully saturated rings. The molecule has 1 amide bonds. The molecule has 154 valence electrons. The number of hydrogen-bond acceptors (Lipinski definition) is 6. The highest BCUT2D eigenvalue weighted by atomic mass is 16.6. The predicted molar refractivity (Wildman–Crippen MR) is 110 cm³/mol. The van der Waals surface area contributed by atoms with Gasteiger partial charge >= 0.3 is 0 Å². The average Bonchev–Trinajstić information content (AvgIpc) is 2.72. The van der Waals surface area contributed by atoms with Crippen LogP contribution in [0.4, 0.5) is 11.4 Å². The van der Waals surface area contributed by atoms with Crippen molar-refractivity contribution in [2.24, 2.45) is 0 Å². The Bertz CT molecular complexity index is 886. The zero-order chi connectivity index (χ0) is 20.8. The summed E-state index contributed by atoms with van der Waals surface area (Å²) in [7, 11) is 0. The van der Waals surface area contributed by atoms with Crippen molar-refractivity contribution < 1.29 is 19.2 Å². The number of carbonyl (C=O) groups excluding carboxylic acids is 1. The first-order chi connectivity index (χ1) is 14.0. The van der Waals surface area contributed by atoms with E-state index in [-0.39, 0.29) is 24.1 Å². The number of anilines is 1. The van der Waals surface area contributed by atoms with Crippen molar-refractivity contribution in [1.82, 2.24) is 4.90 Å². The van der Waals surface area contributed by atoms with Gasteiger partial charge in [0.05, 0.1) is 10.6 Å². The standard InChI is InChI=1S/C21H25N3O5/c1-3-23(13-17-14-28-19-6-4-5-7-20(19)29-17)11-10-21(25)22-18-12-16(24(26)27)9-8-15(18)2/h4-9,12,17H,3,10-11,13-14H2,1-2H3,(H,22,25). The fourth-order valence-corrected chi connectivity index (χ4v) is 3.15. The fourth-order valence-electron chi connectivity index (χ4n) is 3.15. The molecule has 3 rings (SSSR count). The Labute approximate surface area is 169 Å². The van der Waals surface area contributed by atoms with E-state index in [4.69, 9.17) is 9.47 Å². The third kappa shape index (κ3) is 5.45. The molecule has 0 aromatic heterocycles. The summed E-state index contributed by atoms with van der Waals surface area (Å²) < 4.78 is 11.7. The highest BCUT2D eigenvalue weighted by molar-refractivity contribution is 5.92. The highest BCUT2D eigenvalue weighted by Gasteiger charge is 2.23. The van der Waals surface area contributed by atoms with Crippen molar-refractivity contribution in [1.29, 1.82) is 0 Å². The van der Waals surface area contributed by atoms with Crippen LogP contribution in [0.3, 0.4) is 0 Å². The van der Waals surface area contributed by atoms with E-state index in [1.807, 2.05) is 31.2 Å². The van der Waals surface area contributed by atoms with Crippen molar-refractivity contribution in [3.05, 3.63) is 58.1 Å². The normalized spacial score (nSPS) is 15.2. The van der Waals surface area contributed by atoms with Gasteiger partial charge in [0.1, 0.15) is 12.7 Å². The Balaban J connectivity index is 1.51. The van der Waals surface area contributed by atoms with Gasteiger partial charge in [0.25, 0.3) is 5.69 Å². The lowest BCUT2D eigenvalue weighted by Crippen LogP contribution is -2.41. The van der Waals surface area contributed by atoms with Crippen LogP contribution in [0.5, 0.6) is 11.5 Å². The monoisotopic (exact) mass is 399 g/mol. The zero-order valence-corrected chi connectivity index (χ0v) is 16.6. The van der Waals surface area contributed by atoms with Crippen LogP contribution in [0, 0.1) is 17.0 Å². The molecule has 29 heavy (non-hydrogen) atoms. The molecule has 0 saturated carbocycles. The number of fused-ring (bicyclic) bond motifs is 1. The molecule has 2 aromatic rings. The van der Waals surface area contributed by atoms with Gasteiger partial charge in [-0.05, 0) is 31.2 Å². The van der Waals surface area contributed by atoms with Crippen LogP contribution in [0.15, 0.2) is 42.5 Å². The van der Waals surface area contributed by atoms with Crippen molar-refractivity contribution >= 4 is 17.3 Å². The molecular formula is C21H25N3O5. The van der Waals surface area contributed by atoms with Crippen molar-refractivity contribution in [2.75, 3.05) is 31.6 Å². The van der Waals surface area contributed by atoms with Gasteiger partial charge in [-0.2, -0.15) is 0 Å². The van der Waals surface area contributed by atoms with Crippen LogP contribution < -0.4 is 14.8 Å². The molecule has 1 aliphatic heterocycles. The first-order valence-corrected chi connectivity index (χ1v) is 9.62. The number of para-hydroxylation sites is 2. The second-order valence-corrected chi connectivity index (χ2v) is 6.95. The van der Waals surface area contributed by atoms with Gasteiger partial charge < -0.3 is 14.8 Å². The number of nitro groups is 1. The summed E-state index contributed by atoms with van der Waals surface area (Å²) in [6.07, 6.45) is 0.173. The molecule has 1 heterocycles. The molecule has 0 aliphatic carbocycles. The summed E-state index contributed by atoms with van der Waals surface area (Å²) in [4.78, 5) is 24.9. The molecule has 0 spiro atoms. The average molecular weight is 399 g/mol. The van der Waals surface area contributed by atoms with Crippen molar-refractivity contribution in [3.63, 3.8) is 0 Å². The van der Waals surface area contributed by atoms with Gasteiger partial charge in [-0.25, -0.2) is 0 Å². The Hall–Kier alpha value is -3.13. The van der Waals surface area contributed by atoms with Crippen LogP contribution >= 0.6 is 0 Å². The molecular weight excluding hydrogens is 374 g/mol. The largest absolute Gasteiger partial charge is 0.486 e. The van der Waals surface area contributed by atoms with E-state index in [0.717, 1.165) is 23.6 Å². The number of amides is 1. The zero-order valence-electron chi connectivity index (χ0n) is 16.6. The molecule has 1 atom stereocenters. The lowest BCUT2D eigenvalue weighted by atomic mass is 10.1. The maximum absolute atomic E-state index is 12.4. The molecule has 1 unspecified atom stereocenters. The first kappa shape index (κ1) is 20.6. The number of ether oxygens (including phenoxy) is 2. The Kier molecular flexibility index (Phi) is 6.66. The maximum atomic E-state index is 12.4. The lowest BCUT2D eigenvalue weighted by Gasteiger charge is -2.30. The van der Waals surface area contributed by atoms with E-state index in [1.165, 1.54) is 12.1 Å². The van der Waals surface area contributed by atoms with Crippen molar-refractivity contribution in [3.8, 4) is 11.5 Å². The van der Waals surface area contributed by atoms with Gasteiger partial charge in [0, 0.05) is 31.6 Å². The van der Waals surface area contributed by atoms with Gasteiger partial charge in [-0.15, -0.1) is 0 Å². The predicted octanol–water partition coefficient (Wildman–Crippen LogP) is 3.39. The minimum atomic E-state index is -0.474. The smallest absolute Gasteiger partial charge is 0.271 e. The summed E-state index contributed by atoms with van der Waals surface area (Å²) in [6.45, 7) is 6.26. The lowest BCUT2D eigenvalue weighted by molar-refractivity contribution is -0.384. The molecule has 8 heteroatoms. The minimum absolute atomic E-state index is 0.0455. The Morgan fingerprint density at radius 2 is 2.03 bits per heavy atom. The number of nitrogens with one attached hydrogen (secondary N) is 1. The molecule has 1 aliphatic rings. The molecule has 1 N–H and O–H groups in total. The van der Waals surface area contributed by atoms with E-state index in [1.54, 1.807) is 13.0 Å². The van der Waals surface area contributed by atoms with Crippen LogP contribution in [0.25, 0.3) is 0 Å². The number of non-ortho nitro benzene ring substituents is 1. The number of nitrogens with zero attached hydrogens (tertiary/aromatic N) is 2. The number of benzene rings is 2. The van der Waals surface area contributed by atoms with Crippen LogP contribution in [-0.4, -0.2) is 48.1 Å². The minimum Gasteiger partial charge on any atom is -0.486 e. The summed E-state index contributed by atoms with van der Waals surface area (Å²) in [5.41, 5.74) is 1.20. The van der Waals surface area contributed by atoms with E-state index in [2.05, 4.69) is 10.2 Å². The molecule has 0 saturated heterocycles. The Morgan fingerprint density at radius 3 is 2.76 bits per heavy atom. The van der Waals surface area contributed by atoms with Gasteiger partial charge in [-0.1, -0.05) is 25.1 Å². The topological polar surface area (TPSA) is 93.9 Å². The van der Waals surface area contributed by atoms with E-state index in [9.17, 15) is 14.9 Å². The van der Waals surface area contributed by atoms with Crippen molar-refractivity contribution in [2.45, 2.75) is 26.4 Å². The highest BCUT2D eigenvalue weighted by Crippen LogP contribution is 2.31. The van der Waals surface area contributed by atoms with Crippen LogP contribution in [0.2, 0.25) is 0 Å². The van der Waals surface area contributed by atoms with E-state index < -0.39 is 4.92 Å². The molecule has 0 radical (unpaired) electrons. The van der Waals surface area contributed by atoms with E-state index in [0.29, 0.717) is 25.4 Å². The number of nitro benzene ring substituents is 1. The second kappa shape index (κ2) is 9.38. The molecule has 0 bridgehead atoms. The van der Waals surface area contributed by atoms with E-state index >= 15 is 0 Å². The first-order valence-electron chi connectivity index (χ1n) is 9.62. The van der Waals surface area contributed by atoms with Crippen LogP contribution in [0.1, 0.15) is 18.9 Å². The number of carbonyl (C=O) groups is 1. The number of rotatable bonds is 8. The van der Waals surface area contributed by atoms with Crippen LogP contribution in [-0.2, 0) is 4.79 Å². The second-order valence-electron chi connectivity index (χ2n) is 6.95. The number of aryl methyl sites for hydroxylation is 1. The SMILES string of the molecule is CCN(CCC(=O)Nc1cc([N+](=O)[O-])ccc1C)CC1COc2ccccc2O1. The Morgan fingerprint density at radius 1 is 1.28 bits per heavy atom. The molecule has 8 nitrogen and oxygen atoms in total.